The number of benzene rings is 2. The molecule has 4 aliphatic rings. The van der Waals surface area contributed by atoms with Gasteiger partial charge in [-0.2, -0.15) is 0 Å². The minimum absolute atomic E-state index is 0.0364. The topological polar surface area (TPSA) is 69.7 Å². The molecule has 0 saturated carbocycles. The minimum Gasteiger partial charge on any atom is -0.324 e. The number of amides is 3. The molecule has 31 heavy (non-hydrogen) atoms. The second kappa shape index (κ2) is 6.01. The van der Waals surface area contributed by atoms with E-state index in [-0.39, 0.29) is 17.6 Å². The predicted molar refractivity (Wildman–Crippen MR) is 112 cm³/mol. The monoisotopic (exact) mass is 419 g/mol. The Bertz CT molecular complexity index is 1190. The SMILES string of the molecule is Cc1cc(C)c2c(c1)[C@]1(C(=O)N2)[C@@H]2C(=O)N(c3ccccc3F)C(=O)[C@@H]2[C@@H]2CCCN21. The maximum atomic E-state index is 14.6. The first-order valence-corrected chi connectivity index (χ1v) is 10.7. The molecule has 0 unspecified atom stereocenters. The lowest BCUT2D eigenvalue weighted by atomic mass is 9.75. The van der Waals surface area contributed by atoms with E-state index < -0.39 is 35.0 Å². The van der Waals surface area contributed by atoms with Crippen molar-refractivity contribution in [3.8, 4) is 0 Å². The van der Waals surface area contributed by atoms with Crippen molar-refractivity contribution in [2.45, 2.75) is 38.3 Å². The number of aryl methyl sites for hydroxylation is 2. The number of imide groups is 1. The third kappa shape index (κ3) is 2.07. The molecule has 0 radical (unpaired) electrons. The van der Waals surface area contributed by atoms with Gasteiger partial charge < -0.3 is 5.32 Å². The third-order valence-electron chi connectivity index (χ3n) is 7.54. The van der Waals surface area contributed by atoms with Crippen LogP contribution in [-0.2, 0) is 19.9 Å². The fourth-order valence-corrected chi connectivity index (χ4v) is 6.53. The summed E-state index contributed by atoms with van der Waals surface area (Å²) in [7, 11) is 0. The van der Waals surface area contributed by atoms with Crippen LogP contribution in [0, 0.1) is 31.5 Å². The molecule has 0 aliphatic carbocycles. The molecule has 3 fully saturated rings. The van der Waals surface area contributed by atoms with E-state index in [0.717, 1.165) is 40.1 Å². The average Bonchev–Trinajstić information content (AvgIpc) is 3.42. The number of para-hydroxylation sites is 1. The number of carbonyl (C=O) groups is 3. The van der Waals surface area contributed by atoms with E-state index in [0.29, 0.717) is 6.54 Å². The Morgan fingerprint density at radius 3 is 2.65 bits per heavy atom. The molecule has 4 aliphatic heterocycles. The first-order chi connectivity index (χ1) is 14.9. The Labute approximate surface area is 179 Å². The Morgan fingerprint density at radius 2 is 1.87 bits per heavy atom. The number of nitrogens with zero attached hydrogens (tertiary/aromatic N) is 2. The molecule has 3 saturated heterocycles. The van der Waals surface area contributed by atoms with E-state index in [1.54, 1.807) is 6.07 Å². The highest BCUT2D eigenvalue weighted by atomic mass is 19.1. The Hall–Kier alpha value is -3.06. The van der Waals surface area contributed by atoms with Crippen molar-refractivity contribution >= 4 is 29.1 Å². The Kier molecular flexibility index (Phi) is 3.62. The molecular formula is C24H22FN3O3. The fraction of sp³-hybridized carbons (Fsp3) is 0.375. The van der Waals surface area contributed by atoms with E-state index in [1.165, 1.54) is 18.2 Å². The summed E-state index contributed by atoms with van der Waals surface area (Å²) in [4.78, 5) is 44.1. The molecule has 1 N–H and O–H groups in total. The van der Waals surface area contributed by atoms with Crippen molar-refractivity contribution in [1.82, 2.24) is 4.90 Å². The Morgan fingerprint density at radius 1 is 1.10 bits per heavy atom. The number of anilines is 2. The summed E-state index contributed by atoms with van der Waals surface area (Å²) in [5.74, 6) is -3.30. The first kappa shape index (κ1) is 18.7. The summed E-state index contributed by atoms with van der Waals surface area (Å²) in [6.45, 7) is 4.55. The van der Waals surface area contributed by atoms with Gasteiger partial charge in [-0.1, -0.05) is 29.8 Å². The number of halogens is 1. The molecule has 2 aromatic carbocycles. The first-order valence-electron chi connectivity index (χ1n) is 10.7. The lowest BCUT2D eigenvalue weighted by Gasteiger charge is -2.36. The van der Waals surface area contributed by atoms with Crippen LogP contribution in [0.15, 0.2) is 36.4 Å². The standard InChI is InChI=1S/C24H22FN3O3/c1-12-10-13(2)20-14(11-12)24(23(31)26-20)19-18(17-8-5-9-27(17)24)21(29)28(22(19)30)16-7-4-3-6-15(16)25/h3-4,6-7,10-11,17-19H,5,8-9H2,1-2H3,(H,26,31)/t17-,18+,19-,24+/m0/s1. The highest BCUT2D eigenvalue weighted by molar-refractivity contribution is 6.26. The fourth-order valence-electron chi connectivity index (χ4n) is 6.53. The van der Waals surface area contributed by atoms with E-state index >= 15 is 0 Å². The summed E-state index contributed by atoms with van der Waals surface area (Å²) in [5.41, 5.74) is 2.16. The molecule has 4 atom stereocenters. The van der Waals surface area contributed by atoms with Crippen molar-refractivity contribution in [2.75, 3.05) is 16.8 Å². The zero-order chi connectivity index (χ0) is 21.7. The average molecular weight is 419 g/mol. The normalized spacial score (nSPS) is 31.4. The number of hydrogen-bond acceptors (Lipinski definition) is 4. The summed E-state index contributed by atoms with van der Waals surface area (Å²) in [6.07, 6.45) is 1.59. The van der Waals surface area contributed by atoms with Crippen molar-refractivity contribution in [3.63, 3.8) is 0 Å². The number of carbonyl (C=O) groups excluding carboxylic acids is 3. The molecule has 7 heteroatoms. The number of hydrogen-bond donors (Lipinski definition) is 1. The van der Waals surface area contributed by atoms with E-state index in [2.05, 4.69) is 10.2 Å². The summed E-state index contributed by atoms with van der Waals surface area (Å²) >= 11 is 0. The van der Waals surface area contributed by atoms with Gasteiger partial charge in [-0.3, -0.25) is 19.3 Å². The summed E-state index contributed by atoms with van der Waals surface area (Å²) < 4.78 is 14.6. The van der Waals surface area contributed by atoms with Gasteiger partial charge >= 0.3 is 0 Å². The largest absolute Gasteiger partial charge is 0.324 e. The van der Waals surface area contributed by atoms with Gasteiger partial charge in [0, 0.05) is 17.3 Å². The zero-order valence-electron chi connectivity index (χ0n) is 17.3. The zero-order valence-corrected chi connectivity index (χ0v) is 17.3. The molecule has 0 aromatic heterocycles. The molecule has 6 nitrogen and oxygen atoms in total. The highest BCUT2D eigenvalue weighted by Crippen LogP contribution is 2.61. The van der Waals surface area contributed by atoms with Crippen molar-refractivity contribution < 1.29 is 18.8 Å². The van der Waals surface area contributed by atoms with Crippen molar-refractivity contribution in [2.24, 2.45) is 11.8 Å². The highest BCUT2D eigenvalue weighted by Gasteiger charge is 2.74. The van der Waals surface area contributed by atoms with E-state index in [1.807, 2.05) is 26.0 Å². The summed E-state index contributed by atoms with van der Waals surface area (Å²) in [6, 6.07) is 9.57. The van der Waals surface area contributed by atoms with Gasteiger partial charge in [-0.25, -0.2) is 9.29 Å². The minimum atomic E-state index is -1.23. The number of nitrogens with one attached hydrogen (secondary N) is 1. The van der Waals surface area contributed by atoms with Gasteiger partial charge in [0.2, 0.25) is 17.7 Å². The number of rotatable bonds is 1. The summed E-state index contributed by atoms with van der Waals surface area (Å²) in [5, 5.41) is 3.02. The smallest absolute Gasteiger partial charge is 0.250 e. The molecule has 2 aromatic rings. The van der Waals surface area contributed by atoms with Crippen LogP contribution >= 0.6 is 0 Å². The van der Waals surface area contributed by atoms with Crippen LogP contribution in [0.1, 0.15) is 29.5 Å². The van der Waals surface area contributed by atoms with Crippen LogP contribution in [0.3, 0.4) is 0 Å². The second-order valence-corrected chi connectivity index (χ2v) is 9.09. The third-order valence-corrected chi connectivity index (χ3v) is 7.54. The maximum absolute atomic E-state index is 14.6. The van der Waals surface area contributed by atoms with E-state index in [4.69, 9.17) is 0 Å². The lowest BCUT2D eigenvalue weighted by Crippen LogP contribution is -2.54. The second-order valence-electron chi connectivity index (χ2n) is 9.09. The quantitative estimate of drug-likeness (QED) is 0.722. The van der Waals surface area contributed by atoms with Gasteiger partial charge in [0.15, 0.2) is 0 Å². The molecule has 6 rings (SSSR count). The van der Waals surface area contributed by atoms with E-state index in [9.17, 15) is 18.8 Å². The molecular weight excluding hydrogens is 397 g/mol. The Balaban J connectivity index is 1.60. The molecule has 4 heterocycles. The molecule has 3 amide bonds. The van der Waals surface area contributed by atoms with Crippen LogP contribution in [0.5, 0.6) is 0 Å². The van der Waals surface area contributed by atoms with Gasteiger partial charge in [0.05, 0.1) is 17.5 Å². The van der Waals surface area contributed by atoms with Gasteiger partial charge in [-0.15, -0.1) is 0 Å². The van der Waals surface area contributed by atoms with Crippen molar-refractivity contribution in [1.29, 1.82) is 0 Å². The molecule has 0 bridgehead atoms. The van der Waals surface area contributed by atoms with Crippen LogP contribution in [-0.4, -0.2) is 35.2 Å². The van der Waals surface area contributed by atoms with Crippen LogP contribution in [0.2, 0.25) is 0 Å². The predicted octanol–water partition coefficient (Wildman–Crippen LogP) is 2.87. The molecule has 1 spiro atoms. The lowest BCUT2D eigenvalue weighted by molar-refractivity contribution is -0.135. The van der Waals surface area contributed by atoms with Crippen LogP contribution in [0.4, 0.5) is 15.8 Å². The van der Waals surface area contributed by atoms with Gasteiger partial charge in [-0.05, 0) is 50.9 Å². The van der Waals surface area contributed by atoms with Crippen LogP contribution < -0.4 is 10.2 Å². The maximum Gasteiger partial charge on any atom is 0.250 e. The van der Waals surface area contributed by atoms with Crippen LogP contribution in [0.25, 0.3) is 0 Å². The molecule has 158 valence electrons. The van der Waals surface area contributed by atoms with Crippen molar-refractivity contribution in [3.05, 3.63) is 58.9 Å². The van der Waals surface area contributed by atoms with Gasteiger partial charge in [0.1, 0.15) is 11.4 Å². The van der Waals surface area contributed by atoms with Gasteiger partial charge in [0.25, 0.3) is 0 Å². The number of fused-ring (bicyclic) bond motifs is 7.